The number of phenolic OH excluding ortho intramolecular Hbond substituents is 1. The molecular formula is C17H18N4O3. The van der Waals surface area contributed by atoms with Gasteiger partial charge in [-0.3, -0.25) is 0 Å². The highest BCUT2D eigenvalue weighted by atomic mass is 16.5. The molecule has 7 nitrogen and oxygen atoms in total. The molecule has 0 saturated carbocycles. The van der Waals surface area contributed by atoms with Gasteiger partial charge in [0.2, 0.25) is 5.88 Å². The SMILES string of the molecule is COc1cc(Nc2ncnc3cc(O)cc(OC(C)C)c23)ccn1. The maximum atomic E-state index is 9.89. The maximum absolute atomic E-state index is 9.89. The highest BCUT2D eigenvalue weighted by Gasteiger charge is 2.14. The molecule has 1 aromatic carbocycles. The Morgan fingerprint density at radius 3 is 2.71 bits per heavy atom. The summed E-state index contributed by atoms with van der Waals surface area (Å²) in [7, 11) is 1.56. The van der Waals surface area contributed by atoms with Gasteiger partial charge in [-0.1, -0.05) is 0 Å². The highest BCUT2D eigenvalue weighted by Crippen LogP contribution is 2.35. The van der Waals surface area contributed by atoms with Gasteiger partial charge in [-0.25, -0.2) is 15.0 Å². The Kier molecular flexibility index (Phi) is 4.33. The molecule has 0 saturated heterocycles. The first-order valence-corrected chi connectivity index (χ1v) is 7.48. The number of aromatic hydroxyl groups is 1. The number of nitrogens with zero attached hydrogens (tertiary/aromatic N) is 3. The number of fused-ring (bicyclic) bond motifs is 1. The minimum atomic E-state index is -0.0518. The fraction of sp³-hybridized carbons (Fsp3) is 0.235. The third kappa shape index (κ3) is 3.29. The van der Waals surface area contributed by atoms with Crippen LogP contribution in [0, 0.1) is 0 Å². The Labute approximate surface area is 139 Å². The predicted octanol–water partition coefficient (Wildman–Crippen LogP) is 3.27. The molecule has 24 heavy (non-hydrogen) atoms. The second kappa shape index (κ2) is 6.57. The Balaban J connectivity index is 2.09. The molecule has 0 aliphatic heterocycles. The molecule has 0 amide bonds. The van der Waals surface area contributed by atoms with E-state index < -0.39 is 0 Å². The first-order chi connectivity index (χ1) is 11.6. The fourth-order valence-corrected chi connectivity index (χ4v) is 2.32. The van der Waals surface area contributed by atoms with Crippen molar-refractivity contribution in [1.82, 2.24) is 15.0 Å². The van der Waals surface area contributed by atoms with Crippen LogP contribution in [0.3, 0.4) is 0 Å². The number of methoxy groups -OCH3 is 1. The predicted molar refractivity (Wildman–Crippen MR) is 91.0 cm³/mol. The van der Waals surface area contributed by atoms with Crippen LogP contribution in [-0.2, 0) is 0 Å². The summed E-state index contributed by atoms with van der Waals surface area (Å²) in [5.41, 5.74) is 1.36. The zero-order valence-electron chi connectivity index (χ0n) is 13.6. The van der Waals surface area contributed by atoms with Crippen LogP contribution >= 0.6 is 0 Å². The second-order valence-corrected chi connectivity index (χ2v) is 5.44. The lowest BCUT2D eigenvalue weighted by Crippen LogP contribution is -2.07. The molecule has 0 unspecified atom stereocenters. The molecule has 7 heteroatoms. The summed E-state index contributed by atoms with van der Waals surface area (Å²) >= 11 is 0. The van der Waals surface area contributed by atoms with Crippen molar-refractivity contribution >= 4 is 22.4 Å². The zero-order valence-corrected chi connectivity index (χ0v) is 13.6. The molecule has 2 heterocycles. The summed E-state index contributed by atoms with van der Waals surface area (Å²) in [5.74, 6) is 1.68. The lowest BCUT2D eigenvalue weighted by atomic mass is 10.2. The standard InChI is InChI=1S/C17H18N4O3/c1-10(2)24-14-8-12(22)7-13-16(14)17(20-9-19-13)21-11-4-5-18-15(6-11)23-3/h4-10,22H,1-3H3,(H,18,19,20,21). The highest BCUT2D eigenvalue weighted by molar-refractivity contribution is 5.96. The number of ether oxygens (including phenoxy) is 2. The van der Waals surface area contributed by atoms with E-state index in [0.29, 0.717) is 28.4 Å². The topological polar surface area (TPSA) is 89.4 Å². The van der Waals surface area contributed by atoms with Gasteiger partial charge in [0.05, 0.1) is 24.1 Å². The Morgan fingerprint density at radius 2 is 1.96 bits per heavy atom. The van der Waals surface area contributed by atoms with Gasteiger partial charge in [0.1, 0.15) is 23.6 Å². The van der Waals surface area contributed by atoms with Gasteiger partial charge in [0.25, 0.3) is 0 Å². The third-order valence-corrected chi connectivity index (χ3v) is 3.26. The van der Waals surface area contributed by atoms with Crippen LogP contribution in [-0.4, -0.2) is 33.3 Å². The Morgan fingerprint density at radius 1 is 1.12 bits per heavy atom. The van der Waals surface area contributed by atoms with Crippen molar-refractivity contribution in [3.63, 3.8) is 0 Å². The molecule has 124 valence electrons. The van der Waals surface area contributed by atoms with E-state index in [9.17, 15) is 5.11 Å². The minimum Gasteiger partial charge on any atom is -0.508 e. The minimum absolute atomic E-state index is 0.0518. The molecule has 2 aromatic heterocycles. The van der Waals surface area contributed by atoms with Crippen LogP contribution in [0.1, 0.15) is 13.8 Å². The molecular weight excluding hydrogens is 308 g/mol. The van der Waals surface area contributed by atoms with E-state index in [1.165, 1.54) is 6.33 Å². The molecule has 3 rings (SSSR count). The van der Waals surface area contributed by atoms with Crippen LogP contribution in [0.5, 0.6) is 17.4 Å². The van der Waals surface area contributed by atoms with E-state index in [4.69, 9.17) is 9.47 Å². The average molecular weight is 326 g/mol. The van der Waals surface area contributed by atoms with Gasteiger partial charge in [0, 0.05) is 30.1 Å². The van der Waals surface area contributed by atoms with Crippen molar-refractivity contribution in [3.05, 3.63) is 36.8 Å². The van der Waals surface area contributed by atoms with Crippen molar-refractivity contribution in [2.75, 3.05) is 12.4 Å². The number of pyridine rings is 1. The van der Waals surface area contributed by atoms with E-state index >= 15 is 0 Å². The first kappa shape index (κ1) is 15.8. The molecule has 0 atom stereocenters. The van der Waals surface area contributed by atoms with Gasteiger partial charge in [0.15, 0.2) is 0 Å². The summed E-state index contributed by atoms with van der Waals surface area (Å²) in [6.07, 6.45) is 3.02. The Bertz CT molecular complexity index is 868. The maximum Gasteiger partial charge on any atom is 0.214 e. The molecule has 0 aliphatic carbocycles. The van der Waals surface area contributed by atoms with Crippen molar-refractivity contribution in [2.45, 2.75) is 20.0 Å². The van der Waals surface area contributed by atoms with Gasteiger partial charge >= 0.3 is 0 Å². The summed E-state index contributed by atoms with van der Waals surface area (Å²) in [4.78, 5) is 12.6. The monoisotopic (exact) mass is 326 g/mol. The number of benzene rings is 1. The van der Waals surface area contributed by atoms with Gasteiger partial charge in [-0.2, -0.15) is 0 Å². The lowest BCUT2D eigenvalue weighted by Gasteiger charge is -2.15. The van der Waals surface area contributed by atoms with Crippen LogP contribution in [0.15, 0.2) is 36.8 Å². The number of hydrogen-bond acceptors (Lipinski definition) is 7. The number of aromatic nitrogens is 3. The molecule has 3 aromatic rings. The summed E-state index contributed by atoms with van der Waals surface area (Å²) < 4.78 is 10.9. The van der Waals surface area contributed by atoms with Crippen LogP contribution < -0.4 is 14.8 Å². The molecule has 2 N–H and O–H groups in total. The number of hydrogen-bond donors (Lipinski definition) is 2. The fourth-order valence-electron chi connectivity index (χ4n) is 2.32. The van der Waals surface area contributed by atoms with E-state index in [0.717, 1.165) is 5.69 Å². The van der Waals surface area contributed by atoms with Crippen molar-refractivity contribution in [2.24, 2.45) is 0 Å². The quantitative estimate of drug-likeness (QED) is 0.743. The molecule has 0 fully saturated rings. The zero-order chi connectivity index (χ0) is 17.1. The van der Waals surface area contributed by atoms with Gasteiger partial charge in [-0.15, -0.1) is 0 Å². The normalized spacial score (nSPS) is 10.8. The van der Waals surface area contributed by atoms with E-state index in [2.05, 4.69) is 20.3 Å². The number of rotatable bonds is 5. The number of nitrogens with one attached hydrogen (secondary N) is 1. The molecule has 0 aliphatic rings. The van der Waals surface area contributed by atoms with Crippen molar-refractivity contribution in [3.8, 4) is 17.4 Å². The first-order valence-electron chi connectivity index (χ1n) is 7.48. The van der Waals surface area contributed by atoms with Crippen LogP contribution in [0.25, 0.3) is 10.9 Å². The number of anilines is 2. The molecule has 0 bridgehead atoms. The van der Waals surface area contributed by atoms with E-state index in [-0.39, 0.29) is 11.9 Å². The molecule has 0 radical (unpaired) electrons. The second-order valence-electron chi connectivity index (χ2n) is 5.44. The largest absolute Gasteiger partial charge is 0.508 e. The Hall–Kier alpha value is -3.09. The van der Waals surface area contributed by atoms with Gasteiger partial charge < -0.3 is 19.9 Å². The summed E-state index contributed by atoms with van der Waals surface area (Å²) in [6, 6.07) is 6.70. The summed E-state index contributed by atoms with van der Waals surface area (Å²) in [5, 5.41) is 13.8. The van der Waals surface area contributed by atoms with Gasteiger partial charge in [-0.05, 0) is 19.9 Å². The third-order valence-electron chi connectivity index (χ3n) is 3.26. The van der Waals surface area contributed by atoms with E-state index in [1.54, 1.807) is 37.6 Å². The summed E-state index contributed by atoms with van der Waals surface area (Å²) in [6.45, 7) is 3.83. The number of phenols is 1. The smallest absolute Gasteiger partial charge is 0.214 e. The molecule has 0 spiro atoms. The average Bonchev–Trinajstić information content (AvgIpc) is 2.54. The van der Waals surface area contributed by atoms with E-state index in [1.807, 2.05) is 13.8 Å². The van der Waals surface area contributed by atoms with Crippen LogP contribution in [0.4, 0.5) is 11.5 Å². The van der Waals surface area contributed by atoms with Crippen molar-refractivity contribution < 1.29 is 14.6 Å². The van der Waals surface area contributed by atoms with Crippen LogP contribution in [0.2, 0.25) is 0 Å². The lowest BCUT2D eigenvalue weighted by molar-refractivity contribution is 0.244. The van der Waals surface area contributed by atoms with Crippen molar-refractivity contribution in [1.29, 1.82) is 0 Å².